The Morgan fingerprint density at radius 3 is 2.12 bits per heavy atom. The molecular formula is C26H21NO6. The van der Waals surface area contributed by atoms with Gasteiger partial charge in [-0.25, -0.2) is 9.59 Å². The number of furan rings is 2. The molecule has 1 aliphatic rings. The number of fused-ring (bicyclic) bond motifs is 3. The molecule has 4 aromatic rings. The number of hydrogen-bond acceptors (Lipinski definition) is 5. The number of aromatic carboxylic acids is 1. The Hall–Kier alpha value is -4.26. The first-order valence-electron chi connectivity index (χ1n) is 10.5. The summed E-state index contributed by atoms with van der Waals surface area (Å²) < 4.78 is 16.5. The normalized spacial score (nSPS) is 12.2. The molecule has 2 heterocycles. The average molecular weight is 443 g/mol. The molecular weight excluding hydrogens is 422 g/mol. The monoisotopic (exact) mass is 443 g/mol. The molecule has 1 aliphatic carbocycles. The molecule has 5 rings (SSSR count). The van der Waals surface area contributed by atoms with Crippen LogP contribution in [0.5, 0.6) is 0 Å². The maximum Gasteiger partial charge on any atom is 0.410 e. The topological polar surface area (TPSA) is 93.1 Å². The van der Waals surface area contributed by atoms with Gasteiger partial charge in [0.05, 0.1) is 19.4 Å². The Balaban J connectivity index is 1.34. The van der Waals surface area contributed by atoms with Crippen LogP contribution >= 0.6 is 0 Å². The average Bonchev–Trinajstić information content (AvgIpc) is 3.57. The van der Waals surface area contributed by atoms with Crippen molar-refractivity contribution in [2.24, 2.45) is 0 Å². The molecule has 7 heteroatoms. The zero-order valence-electron chi connectivity index (χ0n) is 17.6. The minimum absolute atomic E-state index is 0.0463. The lowest BCUT2D eigenvalue weighted by Gasteiger charge is -2.22. The highest BCUT2D eigenvalue weighted by Gasteiger charge is 2.30. The number of hydrogen-bond donors (Lipinski definition) is 1. The first-order chi connectivity index (χ1) is 16.1. The van der Waals surface area contributed by atoms with E-state index in [1.807, 2.05) is 24.3 Å². The van der Waals surface area contributed by atoms with Crippen molar-refractivity contribution < 1.29 is 28.3 Å². The molecule has 0 spiro atoms. The number of carbonyl (C=O) groups excluding carboxylic acids is 1. The van der Waals surface area contributed by atoms with Gasteiger partial charge in [-0.05, 0) is 46.5 Å². The second-order valence-electron chi connectivity index (χ2n) is 7.81. The number of nitrogens with zero attached hydrogens (tertiary/aromatic N) is 1. The second kappa shape index (κ2) is 8.70. The van der Waals surface area contributed by atoms with Crippen LogP contribution in [0.4, 0.5) is 4.79 Å². The van der Waals surface area contributed by atoms with Crippen LogP contribution in [0.15, 0.2) is 87.9 Å². The number of carboxylic acid groups (broad SMARTS) is 1. The molecule has 0 radical (unpaired) electrons. The quantitative estimate of drug-likeness (QED) is 0.404. The van der Waals surface area contributed by atoms with Crippen LogP contribution in [0.2, 0.25) is 0 Å². The van der Waals surface area contributed by atoms with E-state index < -0.39 is 12.1 Å². The van der Waals surface area contributed by atoms with Crippen LogP contribution < -0.4 is 0 Å². The zero-order chi connectivity index (χ0) is 22.8. The molecule has 0 saturated heterocycles. The van der Waals surface area contributed by atoms with Gasteiger partial charge in [0, 0.05) is 5.92 Å². The molecule has 0 fully saturated rings. The van der Waals surface area contributed by atoms with Crippen LogP contribution in [0, 0.1) is 0 Å². The van der Waals surface area contributed by atoms with Crippen molar-refractivity contribution in [3.05, 3.63) is 107 Å². The van der Waals surface area contributed by atoms with E-state index in [1.54, 1.807) is 12.1 Å². The van der Waals surface area contributed by atoms with Gasteiger partial charge in [-0.2, -0.15) is 0 Å². The first-order valence-corrected chi connectivity index (χ1v) is 10.5. The number of benzene rings is 2. The van der Waals surface area contributed by atoms with Gasteiger partial charge in [0.2, 0.25) is 5.76 Å². The summed E-state index contributed by atoms with van der Waals surface area (Å²) >= 11 is 0. The molecule has 1 amide bonds. The van der Waals surface area contributed by atoms with E-state index in [9.17, 15) is 9.59 Å². The van der Waals surface area contributed by atoms with E-state index in [0.717, 1.165) is 22.3 Å². The van der Waals surface area contributed by atoms with E-state index in [2.05, 4.69) is 24.3 Å². The first kappa shape index (κ1) is 20.6. The lowest BCUT2D eigenvalue weighted by Crippen LogP contribution is -2.31. The molecule has 33 heavy (non-hydrogen) atoms. The van der Waals surface area contributed by atoms with Crippen LogP contribution in [-0.4, -0.2) is 28.7 Å². The van der Waals surface area contributed by atoms with Crippen molar-refractivity contribution in [3.63, 3.8) is 0 Å². The molecule has 166 valence electrons. The van der Waals surface area contributed by atoms with Gasteiger partial charge in [0.1, 0.15) is 18.1 Å². The zero-order valence-corrected chi connectivity index (χ0v) is 17.6. The third-order valence-electron chi connectivity index (χ3n) is 5.74. The van der Waals surface area contributed by atoms with E-state index in [1.165, 1.54) is 23.3 Å². The summed E-state index contributed by atoms with van der Waals surface area (Å²) in [6, 6.07) is 22.7. The molecule has 2 aromatic heterocycles. The van der Waals surface area contributed by atoms with Gasteiger partial charge in [-0.3, -0.25) is 4.90 Å². The van der Waals surface area contributed by atoms with Crippen LogP contribution in [-0.2, 0) is 17.8 Å². The Morgan fingerprint density at radius 1 is 0.848 bits per heavy atom. The summed E-state index contributed by atoms with van der Waals surface area (Å²) in [6.45, 7) is 0.386. The third-order valence-corrected chi connectivity index (χ3v) is 5.74. The summed E-state index contributed by atoms with van der Waals surface area (Å²) in [7, 11) is 0. The van der Waals surface area contributed by atoms with Crippen molar-refractivity contribution in [3.8, 4) is 11.1 Å². The molecule has 0 atom stereocenters. The molecule has 1 N–H and O–H groups in total. The molecule has 0 bridgehead atoms. The lowest BCUT2D eigenvalue weighted by molar-refractivity contribution is 0.0656. The van der Waals surface area contributed by atoms with Crippen LogP contribution in [0.1, 0.15) is 39.1 Å². The number of carbonyl (C=O) groups is 2. The van der Waals surface area contributed by atoms with Crippen LogP contribution in [0.3, 0.4) is 0 Å². The highest BCUT2D eigenvalue weighted by atomic mass is 16.6. The van der Waals surface area contributed by atoms with Gasteiger partial charge in [0.15, 0.2) is 0 Å². The maximum absolute atomic E-state index is 13.1. The summed E-state index contributed by atoms with van der Waals surface area (Å²) in [5.74, 6) is -0.495. The third kappa shape index (κ3) is 4.13. The van der Waals surface area contributed by atoms with Crippen molar-refractivity contribution in [2.45, 2.75) is 19.0 Å². The minimum atomic E-state index is -1.17. The van der Waals surface area contributed by atoms with E-state index in [4.69, 9.17) is 18.7 Å². The highest BCUT2D eigenvalue weighted by molar-refractivity contribution is 5.84. The summed E-state index contributed by atoms with van der Waals surface area (Å²) in [4.78, 5) is 25.7. The van der Waals surface area contributed by atoms with E-state index in [0.29, 0.717) is 11.5 Å². The van der Waals surface area contributed by atoms with E-state index >= 15 is 0 Å². The number of carboxylic acids is 1. The maximum atomic E-state index is 13.1. The standard InChI is InChI=1S/C26H21NO6/c28-25(29)24-12-11-18(33-24)15-27(14-17-6-5-13-31-17)26(30)32-16-23-21-9-3-1-7-19(21)20-8-2-4-10-22(20)23/h1-13,23H,14-16H2,(H,28,29). The predicted octanol–water partition coefficient (Wildman–Crippen LogP) is 5.52. The Morgan fingerprint density at radius 2 is 1.52 bits per heavy atom. The Labute approximate surface area is 189 Å². The fourth-order valence-corrected chi connectivity index (χ4v) is 4.23. The molecule has 0 aliphatic heterocycles. The molecule has 2 aromatic carbocycles. The number of rotatable bonds is 7. The Kier molecular flexibility index (Phi) is 5.44. The highest BCUT2D eigenvalue weighted by Crippen LogP contribution is 2.44. The minimum Gasteiger partial charge on any atom is -0.475 e. The number of amides is 1. The predicted molar refractivity (Wildman–Crippen MR) is 119 cm³/mol. The molecule has 0 saturated carbocycles. The fraction of sp³-hybridized carbons (Fsp3) is 0.154. The number of ether oxygens (including phenoxy) is 1. The lowest BCUT2D eigenvalue weighted by atomic mass is 9.98. The van der Waals surface area contributed by atoms with Gasteiger partial charge >= 0.3 is 12.1 Å². The van der Waals surface area contributed by atoms with Gasteiger partial charge in [-0.1, -0.05) is 48.5 Å². The van der Waals surface area contributed by atoms with Gasteiger partial charge in [0.25, 0.3) is 0 Å². The summed E-state index contributed by atoms with van der Waals surface area (Å²) in [5, 5.41) is 9.10. The molecule has 7 nitrogen and oxygen atoms in total. The smallest absolute Gasteiger partial charge is 0.410 e. The van der Waals surface area contributed by atoms with E-state index in [-0.39, 0.29) is 31.4 Å². The van der Waals surface area contributed by atoms with Crippen molar-refractivity contribution in [1.29, 1.82) is 0 Å². The molecule has 0 unspecified atom stereocenters. The fourth-order valence-electron chi connectivity index (χ4n) is 4.23. The summed E-state index contributed by atoms with van der Waals surface area (Å²) in [5.41, 5.74) is 4.55. The van der Waals surface area contributed by atoms with Gasteiger partial charge in [-0.15, -0.1) is 0 Å². The van der Waals surface area contributed by atoms with Gasteiger partial charge < -0.3 is 18.7 Å². The Bertz CT molecular complexity index is 1240. The van der Waals surface area contributed by atoms with Crippen molar-refractivity contribution in [1.82, 2.24) is 4.90 Å². The van der Waals surface area contributed by atoms with Crippen LogP contribution in [0.25, 0.3) is 11.1 Å². The van der Waals surface area contributed by atoms with Crippen molar-refractivity contribution >= 4 is 12.1 Å². The summed E-state index contributed by atoms with van der Waals surface area (Å²) in [6.07, 6.45) is 0.988. The SMILES string of the molecule is O=C(O)c1ccc(CN(Cc2ccco2)C(=O)OCC2c3ccccc3-c3ccccc32)o1. The largest absolute Gasteiger partial charge is 0.475 e. The van der Waals surface area contributed by atoms with Crippen molar-refractivity contribution in [2.75, 3.05) is 6.61 Å². The second-order valence-corrected chi connectivity index (χ2v) is 7.81.